The first kappa shape index (κ1) is 15.4. The Morgan fingerprint density at radius 2 is 2.15 bits per heavy atom. The molecule has 0 saturated heterocycles. The Kier molecular flexibility index (Phi) is 4.73. The Morgan fingerprint density at radius 3 is 2.75 bits per heavy atom. The highest BCUT2D eigenvalue weighted by molar-refractivity contribution is 7.90. The lowest BCUT2D eigenvalue weighted by atomic mass is 10.2. The zero-order valence-corrected chi connectivity index (χ0v) is 13.1. The number of nitrogens with one attached hydrogen (secondary N) is 1. The van der Waals surface area contributed by atoms with Crippen molar-refractivity contribution in [1.29, 1.82) is 0 Å². The molecule has 0 aliphatic heterocycles. The molecule has 1 N–H and O–H groups in total. The van der Waals surface area contributed by atoms with Gasteiger partial charge in [0, 0.05) is 11.6 Å². The molecule has 0 bridgehead atoms. The molecule has 1 heterocycles. The molecule has 6 heteroatoms. The van der Waals surface area contributed by atoms with Gasteiger partial charge in [0.1, 0.15) is 15.6 Å². The van der Waals surface area contributed by atoms with Crippen LogP contribution >= 0.6 is 11.6 Å². The smallest absolute Gasteiger partial charge is 0.152 e. The molecule has 0 amide bonds. The molecule has 0 aliphatic rings. The molecule has 1 unspecified atom stereocenters. The van der Waals surface area contributed by atoms with Gasteiger partial charge in [-0.2, -0.15) is 0 Å². The van der Waals surface area contributed by atoms with Crippen molar-refractivity contribution in [3.8, 4) is 0 Å². The van der Waals surface area contributed by atoms with Gasteiger partial charge in [0.25, 0.3) is 0 Å². The van der Waals surface area contributed by atoms with Crippen LogP contribution in [0.4, 0.5) is 0 Å². The summed E-state index contributed by atoms with van der Waals surface area (Å²) in [4.78, 5) is 0. The molecule has 0 fully saturated rings. The fourth-order valence-electron chi connectivity index (χ4n) is 2.08. The summed E-state index contributed by atoms with van der Waals surface area (Å²) < 4.78 is 28.9. The van der Waals surface area contributed by atoms with Gasteiger partial charge in [-0.05, 0) is 25.1 Å². The molecule has 1 atom stereocenters. The summed E-state index contributed by atoms with van der Waals surface area (Å²) in [6.45, 7) is 2.75. The van der Waals surface area contributed by atoms with E-state index in [9.17, 15) is 8.42 Å². The van der Waals surface area contributed by atoms with Gasteiger partial charge in [-0.1, -0.05) is 30.7 Å². The number of rotatable bonds is 6. The van der Waals surface area contributed by atoms with Crippen LogP contribution in [0.25, 0.3) is 11.0 Å². The normalized spacial score (nSPS) is 13.8. The van der Waals surface area contributed by atoms with Gasteiger partial charge in [-0.3, -0.25) is 0 Å². The fourth-order valence-corrected chi connectivity index (χ4v) is 3.19. The summed E-state index contributed by atoms with van der Waals surface area (Å²) in [5.74, 6) is 0.608. The van der Waals surface area contributed by atoms with Crippen LogP contribution in [0.2, 0.25) is 5.02 Å². The maximum atomic E-state index is 11.6. The average molecular weight is 316 g/mol. The first-order valence-corrected chi connectivity index (χ1v) is 8.93. The summed E-state index contributed by atoms with van der Waals surface area (Å²) in [6, 6.07) is 6.98. The Bertz CT molecular complexity index is 694. The lowest BCUT2D eigenvalue weighted by molar-refractivity contribution is 0.450. The number of sulfone groups is 1. The second-order valence-electron chi connectivity index (χ2n) is 4.91. The number of hydrogen-bond donors (Lipinski definition) is 1. The van der Waals surface area contributed by atoms with Crippen molar-refractivity contribution in [2.75, 3.05) is 18.6 Å². The van der Waals surface area contributed by atoms with E-state index in [1.165, 1.54) is 6.26 Å². The van der Waals surface area contributed by atoms with E-state index in [1.807, 2.05) is 25.1 Å². The highest BCUT2D eigenvalue weighted by Gasteiger charge is 2.21. The van der Waals surface area contributed by atoms with Gasteiger partial charge >= 0.3 is 0 Å². The Labute approximate surface area is 124 Å². The van der Waals surface area contributed by atoms with Crippen molar-refractivity contribution in [1.82, 2.24) is 5.32 Å². The van der Waals surface area contributed by atoms with E-state index in [2.05, 4.69) is 5.32 Å². The first-order valence-electron chi connectivity index (χ1n) is 6.50. The molecular formula is C14H18ClNO3S. The molecular weight excluding hydrogens is 298 g/mol. The average Bonchev–Trinajstić information content (AvgIpc) is 2.78. The minimum Gasteiger partial charge on any atom is -0.458 e. The third-order valence-corrected chi connectivity index (χ3v) is 4.21. The molecule has 2 aromatic rings. The molecule has 0 radical (unpaired) electrons. The van der Waals surface area contributed by atoms with Gasteiger partial charge in [-0.15, -0.1) is 0 Å². The topological polar surface area (TPSA) is 59.3 Å². The van der Waals surface area contributed by atoms with Crippen LogP contribution < -0.4 is 5.32 Å². The number of hydrogen-bond acceptors (Lipinski definition) is 4. The predicted octanol–water partition coefficient (Wildman–Crippen LogP) is 3.17. The summed E-state index contributed by atoms with van der Waals surface area (Å²) in [7, 11) is -3.10. The maximum Gasteiger partial charge on any atom is 0.152 e. The summed E-state index contributed by atoms with van der Waals surface area (Å²) >= 11 is 6.08. The van der Waals surface area contributed by atoms with Crippen molar-refractivity contribution in [3.63, 3.8) is 0 Å². The van der Waals surface area contributed by atoms with Crippen molar-refractivity contribution < 1.29 is 12.8 Å². The molecule has 4 nitrogen and oxygen atoms in total. The second kappa shape index (κ2) is 6.16. The Hall–Kier alpha value is -1.04. The lowest BCUT2D eigenvalue weighted by Crippen LogP contribution is -2.28. The lowest BCUT2D eigenvalue weighted by Gasteiger charge is -2.14. The van der Waals surface area contributed by atoms with Crippen LogP contribution in [0.15, 0.2) is 28.7 Å². The number of benzene rings is 1. The molecule has 1 aromatic carbocycles. The largest absolute Gasteiger partial charge is 0.458 e. The minimum absolute atomic E-state index is 0.00441. The van der Waals surface area contributed by atoms with E-state index >= 15 is 0 Å². The number of halogens is 1. The predicted molar refractivity (Wildman–Crippen MR) is 82.0 cm³/mol. The number of furan rings is 1. The van der Waals surface area contributed by atoms with Crippen LogP contribution in [-0.2, 0) is 9.84 Å². The van der Waals surface area contributed by atoms with Crippen LogP contribution in [0.5, 0.6) is 0 Å². The van der Waals surface area contributed by atoms with E-state index in [-0.39, 0.29) is 11.8 Å². The summed E-state index contributed by atoms with van der Waals surface area (Å²) in [5, 5.41) is 4.62. The van der Waals surface area contributed by atoms with E-state index in [0.29, 0.717) is 16.4 Å². The first-order chi connectivity index (χ1) is 9.40. The van der Waals surface area contributed by atoms with Gasteiger partial charge in [0.15, 0.2) is 5.58 Å². The van der Waals surface area contributed by atoms with Crippen molar-refractivity contribution in [3.05, 3.63) is 35.0 Å². The van der Waals surface area contributed by atoms with E-state index < -0.39 is 9.84 Å². The molecule has 0 saturated carbocycles. The van der Waals surface area contributed by atoms with Crippen molar-refractivity contribution in [2.24, 2.45) is 0 Å². The number of fused-ring (bicyclic) bond motifs is 1. The zero-order chi connectivity index (χ0) is 14.8. The van der Waals surface area contributed by atoms with Gasteiger partial charge in [0.05, 0.1) is 16.8 Å². The van der Waals surface area contributed by atoms with E-state index in [1.54, 1.807) is 6.07 Å². The standard InChI is InChI=1S/C14H18ClNO3S/c1-3-7-16-12(9-20(2,17)18)13-8-10-5-4-6-11(15)14(10)19-13/h4-6,8,12,16H,3,7,9H2,1-2H3. The van der Waals surface area contributed by atoms with Gasteiger partial charge in [0.2, 0.25) is 0 Å². The fraction of sp³-hybridized carbons (Fsp3) is 0.429. The highest BCUT2D eigenvalue weighted by Crippen LogP contribution is 2.29. The summed E-state index contributed by atoms with van der Waals surface area (Å²) in [6.07, 6.45) is 2.14. The molecule has 110 valence electrons. The SMILES string of the molecule is CCCNC(CS(C)(=O)=O)c1cc2cccc(Cl)c2o1. The molecule has 20 heavy (non-hydrogen) atoms. The van der Waals surface area contributed by atoms with Crippen molar-refractivity contribution >= 4 is 32.4 Å². The van der Waals surface area contributed by atoms with Crippen LogP contribution in [0.3, 0.4) is 0 Å². The Balaban J connectivity index is 2.37. The van der Waals surface area contributed by atoms with Gasteiger partial charge in [-0.25, -0.2) is 8.42 Å². The van der Waals surface area contributed by atoms with Crippen LogP contribution in [0, 0.1) is 0 Å². The van der Waals surface area contributed by atoms with Gasteiger partial charge < -0.3 is 9.73 Å². The zero-order valence-electron chi connectivity index (χ0n) is 11.5. The van der Waals surface area contributed by atoms with Crippen LogP contribution in [0.1, 0.15) is 25.1 Å². The van der Waals surface area contributed by atoms with Crippen molar-refractivity contribution in [2.45, 2.75) is 19.4 Å². The minimum atomic E-state index is -3.10. The molecule has 0 spiro atoms. The molecule has 2 rings (SSSR count). The molecule has 1 aromatic heterocycles. The van der Waals surface area contributed by atoms with E-state index in [4.69, 9.17) is 16.0 Å². The summed E-state index contributed by atoms with van der Waals surface area (Å²) in [5.41, 5.74) is 0.598. The third kappa shape index (κ3) is 3.75. The van der Waals surface area contributed by atoms with E-state index in [0.717, 1.165) is 18.4 Å². The quantitative estimate of drug-likeness (QED) is 0.889. The molecule has 0 aliphatic carbocycles. The Morgan fingerprint density at radius 1 is 1.40 bits per heavy atom. The maximum absolute atomic E-state index is 11.6. The third-order valence-electron chi connectivity index (χ3n) is 2.97. The number of para-hydroxylation sites is 1. The second-order valence-corrected chi connectivity index (χ2v) is 7.50. The van der Waals surface area contributed by atoms with Crippen LogP contribution in [-0.4, -0.2) is 27.0 Å². The monoisotopic (exact) mass is 315 g/mol. The highest BCUT2D eigenvalue weighted by atomic mass is 35.5.